The number of aliphatic hydroxyl groups excluding tert-OH is 1. The number of benzene rings is 1. The van der Waals surface area contributed by atoms with Crippen molar-refractivity contribution in [2.24, 2.45) is 0 Å². The number of aryl methyl sites for hydroxylation is 2. The molecule has 36 heavy (non-hydrogen) atoms. The number of morpholine rings is 1. The Bertz CT molecular complexity index is 1220. The van der Waals surface area contributed by atoms with Gasteiger partial charge in [0.25, 0.3) is 0 Å². The van der Waals surface area contributed by atoms with Crippen LogP contribution in [-0.4, -0.2) is 94.5 Å². The fourth-order valence-corrected chi connectivity index (χ4v) is 5.89. The minimum absolute atomic E-state index is 0.0155. The van der Waals surface area contributed by atoms with Crippen LogP contribution in [0.3, 0.4) is 0 Å². The van der Waals surface area contributed by atoms with Gasteiger partial charge in [0, 0.05) is 31.1 Å². The molecule has 0 spiro atoms. The van der Waals surface area contributed by atoms with Gasteiger partial charge in [-0.3, -0.25) is 4.90 Å². The fraction of sp³-hybridized carbons (Fsp3) is 0.593. The standard InChI is InChI=1S/C27H36N6O3/c1-18-11-21-14-28-33(25(21)12-24(18)20-3-6-31(7-4-20)22-16-35-17-22)27-13-26(29-19(2)30-27)32-8-10-36-23(15-32)5-9-34/h11-14,20,22-23,34H,3-10,15-17H2,1-2H3. The van der Waals surface area contributed by atoms with E-state index in [0.717, 1.165) is 61.2 Å². The molecule has 0 saturated carbocycles. The van der Waals surface area contributed by atoms with Crippen molar-refractivity contribution in [2.75, 3.05) is 57.5 Å². The van der Waals surface area contributed by atoms with Crippen molar-refractivity contribution in [2.45, 2.75) is 51.2 Å². The Balaban J connectivity index is 1.28. The lowest BCUT2D eigenvalue weighted by molar-refractivity contribution is -0.0712. The van der Waals surface area contributed by atoms with Crippen molar-refractivity contribution in [1.82, 2.24) is 24.6 Å². The number of nitrogens with zero attached hydrogens (tertiary/aromatic N) is 6. The molecule has 3 aliphatic heterocycles. The van der Waals surface area contributed by atoms with E-state index in [4.69, 9.17) is 24.5 Å². The lowest BCUT2D eigenvalue weighted by atomic mass is 9.85. The van der Waals surface area contributed by atoms with Crippen molar-refractivity contribution < 1.29 is 14.6 Å². The maximum absolute atomic E-state index is 9.33. The smallest absolute Gasteiger partial charge is 0.159 e. The number of ether oxygens (including phenoxy) is 2. The van der Waals surface area contributed by atoms with E-state index in [2.05, 4.69) is 28.9 Å². The molecule has 0 radical (unpaired) electrons. The summed E-state index contributed by atoms with van der Waals surface area (Å²) in [6, 6.07) is 7.26. The maximum atomic E-state index is 9.33. The Morgan fingerprint density at radius 1 is 1.03 bits per heavy atom. The van der Waals surface area contributed by atoms with Crippen LogP contribution < -0.4 is 4.90 Å². The van der Waals surface area contributed by atoms with Crippen LogP contribution in [0, 0.1) is 13.8 Å². The summed E-state index contributed by atoms with van der Waals surface area (Å²) in [6.45, 7) is 10.5. The first kappa shape index (κ1) is 23.8. The number of anilines is 1. The molecule has 3 fully saturated rings. The van der Waals surface area contributed by atoms with Crippen molar-refractivity contribution in [3.8, 4) is 5.82 Å². The Morgan fingerprint density at radius 2 is 1.83 bits per heavy atom. The van der Waals surface area contributed by atoms with Crippen LogP contribution in [0.2, 0.25) is 0 Å². The first-order chi connectivity index (χ1) is 17.6. The molecule has 1 unspecified atom stereocenters. The van der Waals surface area contributed by atoms with Crippen LogP contribution in [0.1, 0.15) is 42.1 Å². The van der Waals surface area contributed by atoms with E-state index in [1.54, 1.807) is 0 Å². The molecule has 1 aromatic carbocycles. The predicted molar refractivity (Wildman–Crippen MR) is 138 cm³/mol. The number of piperidine rings is 1. The zero-order valence-corrected chi connectivity index (χ0v) is 21.3. The average molecular weight is 493 g/mol. The number of aliphatic hydroxyl groups is 1. The van der Waals surface area contributed by atoms with Crippen molar-refractivity contribution in [3.05, 3.63) is 41.3 Å². The number of likely N-dealkylation sites (tertiary alicyclic amines) is 1. The normalized spacial score (nSPS) is 22.3. The van der Waals surface area contributed by atoms with Crippen LogP contribution in [0.5, 0.6) is 0 Å². The van der Waals surface area contributed by atoms with E-state index >= 15 is 0 Å². The van der Waals surface area contributed by atoms with Crippen LogP contribution in [0.25, 0.3) is 16.7 Å². The molecule has 3 aliphatic rings. The summed E-state index contributed by atoms with van der Waals surface area (Å²) in [5, 5.41) is 15.2. The fourth-order valence-electron chi connectivity index (χ4n) is 5.89. The van der Waals surface area contributed by atoms with Crippen LogP contribution in [0.15, 0.2) is 24.4 Å². The molecule has 6 rings (SSSR count). The van der Waals surface area contributed by atoms with Crippen molar-refractivity contribution in [3.63, 3.8) is 0 Å². The number of hydrogen-bond donors (Lipinski definition) is 1. The number of fused-ring (bicyclic) bond motifs is 1. The lowest BCUT2D eigenvalue weighted by Crippen LogP contribution is -2.51. The van der Waals surface area contributed by atoms with Gasteiger partial charge >= 0.3 is 0 Å². The zero-order valence-electron chi connectivity index (χ0n) is 21.3. The van der Waals surface area contributed by atoms with Gasteiger partial charge in [-0.15, -0.1) is 0 Å². The van der Waals surface area contributed by atoms with Crippen molar-refractivity contribution >= 4 is 16.7 Å². The second-order valence-electron chi connectivity index (χ2n) is 10.4. The highest BCUT2D eigenvalue weighted by atomic mass is 16.5. The summed E-state index contributed by atoms with van der Waals surface area (Å²) in [4.78, 5) is 14.3. The molecular weight excluding hydrogens is 456 g/mol. The zero-order chi connectivity index (χ0) is 24.6. The molecule has 1 N–H and O–H groups in total. The molecule has 192 valence electrons. The van der Waals surface area contributed by atoms with Gasteiger partial charge in [-0.1, -0.05) is 0 Å². The first-order valence-electron chi connectivity index (χ1n) is 13.2. The summed E-state index contributed by atoms with van der Waals surface area (Å²) in [5.74, 6) is 2.95. The lowest BCUT2D eigenvalue weighted by Gasteiger charge is -2.41. The molecule has 5 heterocycles. The van der Waals surface area contributed by atoms with Gasteiger partial charge in [0.2, 0.25) is 0 Å². The largest absolute Gasteiger partial charge is 0.396 e. The second-order valence-corrected chi connectivity index (χ2v) is 10.4. The summed E-state index contributed by atoms with van der Waals surface area (Å²) >= 11 is 0. The molecule has 2 aromatic heterocycles. The summed E-state index contributed by atoms with van der Waals surface area (Å²) in [7, 11) is 0. The molecule has 0 bridgehead atoms. The number of rotatable bonds is 6. The minimum atomic E-state index is 0.0155. The van der Waals surface area contributed by atoms with Gasteiger partial charge in [0.05, 0.1) is 43.7 Å². The molecule has 1 atom stereocenters. The predicted octanol–water partition coefficient (Wildman–Crippen LogP) is 2.60. The van der Waals surface area contributed by atoms with Crippen LogP contribution in [-0.2, 0) is 9.47 Å². The third-order valence-corrected chi connectivity index (χ3v) is 8.00. The highest BCUT2D eigenvalue weighted by Crippen LogP contribution is 2.34. The highest BCUT2D eigenvalue weighted by molar-refractivity contribution is 5.82. The van der Waals surface area contributed by atoms with Crippen molar-refractivity contribution in [1.29, 1.82) is 0 Å². The second kappa shape index (κ2) is 10.0. The average Bonchev–Trinajstić information content (AvgIpc) is 3.26. The van der Waals surface area contributed by atoms with Gasteiger partial charge in [0.1, 0.15) is 11.6 Å². The first-order valence-corrected chi connectivity index (χ1v) is 13.2. The monoisotopic (exact) mass is 492 g/mol. The highest BCUT2D eigenvalue weighted by Gasteiger charge is 2.31. The summed E-state index contributed by atoms with van der Waals surface area (Å²) in [5.41, 5.74) is 3.87. The van der Waals surface area contributed by atoms with Gasteiger partial charge in [-0.25, -0.2) is 14.6 Å². The Hall–Kier alpha value is -2.59. The number of hydrogen-bond acceptors (Lipinski definition) is 8. The Morgan fingerprint density at radius 3 is 2.58 bits per heavy atom. The minimum Gasteiger partial charge on any atom is -0.396 e. The molecule has 3 aromatic rings. The molecule has 3 saturated heterocycles. The molecule has 9 heteroatoms. The Kier molecular flexibility index (Phi) is 6.64. The summed E-state index contributed by atoms with van der Waals surface area (Å²) in [6.07, 6.45) is 4.95. The quantitative estimate of drug-likeness (QED) is 0.562. The van der Waals surface area contributed by atoms with Crippen LogP contribution in [0.4, 0.5) is 5.82 Å². The van der Waals surface area contributed by atoms with E-state index < -0.39 is 0 Å². The molecular formula is C27H36N6O3. The third kappa shape index (κ3) is 4.61. The van der Waals surface area contributed by atoms with E-state index in [-0.39, 0.29) is 12.7 Å². The number of aromatic nitrogens is 4. The summed E-state index contributed by atoms with van der Waals surface area (Å²) < 4.78 is 13.2. The van der Waals surface area contributed by atoms with E-state index in [0.29, 0.717) is 31.5 Å². The van der Waals surface area contributed by atoms with E-state index in [1.807, 2.05) is 23.9 Å². The molecule has 0 aliphatic carbocycles. The van der Waals surface area contributed by atoms with Gasteiger partial charge in [-0.05, 0) is 75.4 Å². The molecule has 0 amide bonds. The van der Waals surface area contributed by atoms with E-state index in [9.17, 15) is 5.11 Å². The molecule has 9 nitrogen and oxygen atoms in total. The third-order valence-electron chi connectivity index (χ3n) is 8.00. The SMILES string of the molecule is Cc1nc(N2CCOC(CCO)C2)cc(-n2ncc3cc(C)c(C4CCN(C5COC5)CC4)cc32)n1. The maximum Gasteiger partial charge on any atom is 0.159 e. The topological polar surface area (TPSA) is 88.8 Å². The van der Waals surface area contributed by atoms with Gasteiger partial charge in [0.15, 0.2) is 5.82 Å². The van der Waals surface area contributed by atoms with Gasteiger partial charge in [-0.2, -0.15) is 5.10 Å². The van der Waals surface area contributed by atoms with Crippen LogP contribution >= 0.6 is 0 Å². The van der Waals surface area contributed by atoms with Gasteiger partial charge < -0.3 is 19.5 Å². The van der Waals surface area contributed by atoms with E-state index in [1.165, 1.54) is 24.0 Å². The Labute approximate surface area is 212 Å².